The zero-order valence-corrected chi connectivity index (χ0v) is 16.4. The van der Waals surface area contributed by atoms with Crippen molar-refractivity contribution in [2.45, 2.75) is 29.9 Å². The van der Waals surface area contributed by atoms with E-state index in [9.17, 15) is 4.79 Å². The van der Waals surface area contributed by atoms with Crippen LogP contribution >= 0.6 is 11.8 Å². The maximum atomic E-state index is 13.3. The highest BCUT2D eigenvalue weighted by atomic mass is 32.2. The maximum absolute atomic E-state index is 13.3. The highest BCUT2D eigenvalue weighted by Crippen LogP contribution is 2.48. The Morgan fingerprint density at radius 3 is 2.22 bits per heavy atom. The van der Waals surface area contributed by atoms with Crippen LogP contribution in [0.3, 0.4) is 0 Å². The van der Waals surface area contributed by atoms with Gasteiger partial charge >= 0.3 is 0 Å². The Morgan fingerprint density at radius 1 is 0.852 bits per heavy atom. The fraction of sp³-hybridized carbons (Fsp3) is 0.160. The van der Waals surface area contributed by atoms with E-state index in [1.165, 1.54) is 5.56 Å². The summed E-state index contributed by atoms with van der Waals surface area (Å²) in [5, 5.41) is 0.0124. The lowest BCUT2D eigenvalue weighted by Crippen LogP contribution is -2.16. The van der Waals surface area contributed by atoms with E-state index in [0.717, 1.165) is 27.2 Å². The van der Waals surface area contributed by atoms with Gasteiger partial charge in [0.05, 0.1) is 5.25 Å². The second-order valence-corrected chi connectivity index (χ2v) is 8.30. The summed E-state index contributed by atoms with van der Waals surface area (Å²) >= 11 is 1.76. The number of fused-ring (bicyclic) bond motifs is 1. The molecule has 0 bridgehead atoms. The minimum Gasteiger partial charge on any atom is -0.289 e. The van der Waals surface area contributed by atoms with Gasteiger partial charge in [-0.2, -0.15) is 0 Å². The van der Waals surface area contributed by atoms with E-state index in [0.29, 0.717) is 5.92 Å². The molecule has 0 saturated heterocycles. The molecule has 1 aliphatic heterocycles. The summed E-state index contributed by atoms with van der Waals surface area (Å²) in [5.74, 6) is 0.633. The first kappa shape index (κ1) is 17.8. The van der Waals surface area contributed by atoms with Gasteiger partial charge in [0.25, 0.3) is 0 Å². The average Bonchev–Trinajstić information content (AvgIpc) is 2.71. The van der Waals surface area contributed by atoms with E-state index in [1.807, 2.05) is 42.5 Å². The van der Waals surface area contributed by atoms with Crippen LogP contribution < -0.4 is 0 Å². The van der Waals surface area contributed by atoms with E-state index < -0.39 is 0 Å². The van der Waals surface area contributed by atoms with Gasteiger partial charge < -0.3 is 0 Å². The molecule has 1 unspecified atom stereocenters. The molecule has 134 valence electrons. The van der Waals surface area contributed by atoms with Gasteiger partial charge in [-0.1, -0.05) is 80.6 Å². The van der Waals surface area contributed by atoms with Gasteiger partial charge in [0.15, 0.2) is 5.78 Å². The Kier molecular flexibility index (Phi) is 5.00. The number of ketones is 1. The molecule has 3 aromatic rings. The lowest BCUT2D eigenvalue weighted by Gasteiger charge is -2.26. The first-order chi connectivity index (χ1) is 13.1. The molecule has 2 heteroatoms. The van der Waals surface area contributed by atoms with Crippen molar-refractivity contribution < 1.29 is 4.79 Å². The second kappa shape index (κ2) is 7.58. The molecular formula is C25H22OS. The standard InChI is InChI=1S/C25H22OS/c1-17(2)19-14-12-18(13-15-19)16-22-24(26)21-10-6-7-11-23(21)27-25(22)20-8-4-3-5-9-20/h3-17,25H,1-2H3/b22-16-. The predicted molar refractivity (Wildman–Crippen MR) is 114 cm³/mol. The largest absolute Gasteiger partial charge is 0.289 e. The van der Waals surface area contributed by atoms with Crippen molar-refractivity contribution in [1.82, 2.24) is 0 Å². The average molecular weight is 371 g/mol. The zero-order valence-electron chi connectivity index (χ0n) is 15.6. The second-order valence-electron chi connectivity index (χ2n) is 7.15. The Morgan fingerprint density at radius 2 is 1.52 bits per heavy atom. The Balaban J connectivity index is 1.80. The lowest BCUT2D eigenvalue weighted by atomic mass is 9.93. The van der Waals surface area contributed by atoms with E-state index in [-0.39, 0.29) is 11.0 Å². The van der Waals surface area contributed by atoms with Crippen molar-refractivity contribution >= 4 is 23.6 Å². The van der Waals surface area contributed by atoms with Crippen molar-refractivity contribution in [2.24, 2.45) is 0 Å². The van der Waals surface area contributed by atoms with Crippen LogP contribution in [0, 0.1) is 0 Å². The molecule has 27 heavy (non-hydrogen) atoms. The van der Waals surface area contributed by atoms with Crippen LogP contribution in [0.15, 0.2) is 89.3 Å². The third kappa shape index (κ3) is 3.63. The number of thioether (sulfide) groups is 1. The zero-order chi connectivity index (χ0) is 18.8. The van der Waals surface area contributed by atoms with Crippen LogP contribution in [-0.4, -0.2) is 5.78 Å². The summed E-state index contributed by atoms with van der Waals surface area (Å²) < 4.78 is 0. The minimum atomic E-state index is 0.0124. The summed E-state index contributed by atoms with van der Waals surface area (Å²) in [6, 6.07) is 26.8. The lowest BCUT2D eigenvalue weighted by molar-refractivity contribution is 0.102. The molecule has 0 amide bonds. The van der Waals surface area contributed by atoms with Crippen LogP contribution in [0.5, 0.6) is 0 Å². The van der Waals surface area contributed by atoms with E-state index in [1.54, 1.807) is 11.8 Å². The van der Waals surface area contributed by atoms with Gasteiger partial charge in [-0.15, -0.1) is 11.8 Å². The first-order valence-electron chi connectivity index (χ1n) is 9.30. The molecular weight excluding hydrogens is 348 g/mol. The van der Waals surface area contributed by atoms with Crippen LogP contribution in [0.1, 0.15) is 52.1 Å². The normalized spacial score (nSPS) is 18.0. The quantitative estimate of drug-likeness (QED) is 0.465. The fourth-order valence-corrected chi connectivity index (χ4v) is 4.69. The number of rotatable bonds is 3. The number of carbonyl (C=O) groups excluding carboxylic acids is 1. The van der Waals surface area contributed by atoms with Crippen molar-refractivity contribution in [3.63, 3.8) is 0 Å². The van der Waals surface area contributed by atoms with Gasteiger partial charge in [0.1, 0.15) is 0 Å². The topological polar surface area (TPSA) is 17.1 Å². The summed E-state index contributed by atoms with van der Waals surface area (Å²) in [6.07, 6.45) is 2.06. The Bertz CT molecular complexity index is 984. The Labute approximate surface area is 165 Å². The Hall–Kier alpha value is -2.58. The number of carbonyl (C=O) groups is 1. The molecule has 1 nitrogen and oxygen atoms in total. The van der Waals surface area contributed by atoms with Gasteiger partial charge in [0.2, 0.25) is 0 Å². The van der Waals surface area contributed by atoms with E-state index in [4.69, 9.17) is 0 Å². The minimum absolute atomic E-state index is 0.0124. The highest BCUT2D eigenvalue weighted by molar-refractivity contribution is 8.00. The monoisotopic (exact) mass is 370 g/mol. The third-order valence-electron chi connectivity index (χ3n) is 4.95. The molecule has 1 aliphatic rings. The fourth-order valence-electron chi connectivity index (χ4n) is 3.40. The van der Waals surface area contributed by atoms with Crippen molar-refractivity contribution in [3.05, 3.63) is 107 Å². The summed E-state index contributed by atoms with van der Waals surface area (Å²) in [4.78, 5) is 14.4. The number of hydrogen-bond donors (Lipinski definition) is 0. The van der Waals surface area contributed by atoms with E-state index in [2.05, 4.69) is 56.3 Å². The summed E-state index contributed by atoms with van der Waals surface area (Å²) in [7, 11) is 0. The van der Waals surface area contributed by atoms with E-state index >= 15 is 0 Å². The molecule has 0 aromatic heterocycles. The predicted octanol–water partition coefficient (Wildman–Crippen LogP) is 6.92. The van der Waals surface area contributed by atoms with Crippen molar-refractivity contribution in [2.75, 3.05) is 0 Å². The SMILES string of the molecule is CC(C)c1ccc(/C=C2/C(=O)c3ccccc3SC2c2ccccc2)cc1. The van der Waals surface area contributed by atoms with Gasteiger partial charge in [0, 0.05) is 16.0 Å². The summed E-state index contributed by atoms with van der Waals surface area (Å²) in [6.45, 7) is 4.38. The maximum Gasteiger partial charge on any atom is 0.191 e. The number of benzene rings is 3. The molecule has 1 heterocycles. The van der Waals surface area contributed by atoms with Gasteiger partial charge in [-0.25, -0.2) is 0 Å². The number of Topliss-reactive ketones (excluding diaryl/α,β-unsaturated/α-hetero) is 1. The van der Waals surface area contributed by atoms with Crippen molar-refractivity contribution in [3.8, 4) is 0 Å². The molecule has 0 spiro atoms. The van der Waals surface area contributed by atoms with Gasteiger partial charge in [-0.3, -0.25) is 4.79 Å². The van der Waals surface area contributed by atoms with Crippen LogP contribution in [-0.2, 0) is 0 Å². The molecule has 4 rings (SSSR count). The smallest absolute Gasteiger partial charge is 0.191 e. The molecule has 3 aromatic carbocycles. The van der Waals surface area contributed by atoms with Crippen LogP contribution in [0.4, 0.5) is 0 Å². The molecule has 0 aliphatic carbocycles. The first-order valence-corrected chi connectivity index (χ1v) is 10.2. The molecule has 0 N–H and O–H groups in total. The molecule has 1 atom stereocenters. The van der Waals surface area contributed by atoms with Crippen LogP contribution in [0.2, 0.25) is 0 Å². The van der Waals surface area contributed by atoms with Gasteiger partial charge in [-0.05, 0) is 40.8 Å². The summed E-state index contributed by atoms with van der Waals surface area (Å²) in [5.41, 5.74) is 5.20. The molecule has 0 saturated carbocycles. The highest BCUT2D eigenvalue weighted by Gasteiger charge is 2.31. The molecule has 0 radical (unpaired) electrons. The third-order valence-corrected chi connectivity index (χ3v) is 6.32. The van der Waals surface area contributed by atoms with Crippen LogP contribution in [0.25, 0.3) is 6.08 Å². The number of hydrogen-bond acceptors (Lipinski definition) is 2. The van der Waals surface area contributed by atoms with Crippen molar-refractivity contribution in [1.29, 1.82) is 0 Å². The molecule has 0 fully saturated rings.